The summed E-state index contributed by atoms with van der Waals surface area (Å²) in [5.41, 5.74) is 5.63. The maximum Gasteiger partial charge on any atom is 0.276 e. The lowest BCUT2D eigenvalue weighted by atomic mass is 10.1. The first kappa shape index (κ1) is 18.9. The van der Waals surface area contributed by atoms with Crippen LogP contribution in [0.25, 0.3) is 0 Å². The van der Waals surface area contributed by atoms with Crippen LogP contribution in [0, 0.1) is 11.3 Å². The molecule has 1 aromatic heterocycles. The second-order valence-electron chi connectivity index (χ2n) is 5.99. The third kappa shape index (κ3) is 5.06. The van der Waals surface area contributed by atoms with Crippen LogP contribution in [-0.4, -0.2) is 10.9 Å². The predicted molar refractivity (Wildman–Crippen MR) is 104 cm³/mol. The minimum atomic E-state index is -0.377. The van der Waals surface area contributed by atoms with E-state index in [0.717, 1.165) is 11.1 Å². The van der Waals surface area contributed by atoms with E-state index in [-0.39, 0.29) is 18.1 Å². The van der Waals surface area contributed by atoms with E-state index in [1.165, 1.54) is 6.07 Å². The lowest BCUT2D eigenvalue weighted by Crippen LogP contribution is -2.24. The van der Waals surface area contributed by atoms with Gasteiger partial charge in [0.15, 0.2) is 0 Å². The first-order chi connectivity index (χ1) is 13.7. The molecule has 0 unspecified atom stereocenters. The number of rotatable bonds is 7. The van der Waals surface area contributed by atoms with E-state index >= 15 is 0 Å². The molecule has 7 nitrogen and oxygen atoms in total. The van der Waals surface area contributed by atoms with Gasteiger partial charge in [-0.25, -0.2) is 5.48 Å². The van der Waals surface area contributed by atoms with Gasteiger partial charge in [0.1, 0.15) is 0 Å². The molecular weight excluding hydrogens is 356 g/mol. The molecule has 3 rings (SSSR count). The Hall–Kier alpha value is -3.89. The number of carbonyl (C=O) groups excluding carboxylic acids is 1. The Balaban J connectivity index is 1.57. The van der Waals surface area contributed by atoms with E-state index in [9.17, 15) is 9.59 Å². The Kier molecular flexibility index (Phi) is 6.18. The average molecular weight is 374 g/mol. The number of H-pyrrole nitrogens is 1. The van der Waals surface area contributed by atoms with Crippen LogP contribution < -0.4 is 16.4 Å². The van der Waals surface area contributed by atoms with Crippen LogP contribution in [0.2, 0.25) is 0 Å². The van der Waals surface area contributed by atoms with Gasteiger partial charge < -0.3 is 10.3 Å². The van der Waals surface area contributed by atoms with Crippen molar-refractivity contribution in [2.24, 2.45) is 0 Å². The monoisotopic (exact) mass is 374 g/mol. The zero-order chi connectivity index (χ0) is 19.8. The number of pyridine rings is 1. The van der Waals surface area contributed by atoms with Gasteiger partial charge in [-0.15, -0.1) is 0 Å². The van der Waals surface area contributed by atoms with Gasteiger partial charge in [0.05, 0.1) is 23.8 Å². The summed E-state index contributed by atoms with van der Waals surface area (Å²) in [5.74, 6) is -0.377. The SMILES string of the molecule is N#Cc1ccc(CONC(=O)c2ccccc2NCc2ccc(=O)[nH]c2)cc1. The number of carbonyl (C=O) groups is 1. The molecule has 0 spiro atoms. The van der Waals surface area contributed by atoms with E-state index < -0.39 is 0 Å². The number of anilines is 1. The molecule has 140 valence electrons. The maximum atomic E-state index is 12.4. The van der Waals surface area contributed by atoms with E-state index in [4.69, 9.17) is 10.1 Å². The molecule has 0 aliphatic heterocycles. The van der Waals surface area contributed by atoms with Crippen molar-refractivity contribution >= 4 is 11.6 Å². The number of para-hydroxylation sites is 1. The van der Waals surface area contributed by atoms with Gasteiger partial charge in [0.2, 0.25) is 5.56 Å². The van der Waals surface area contributed by atoms with Gasteiger partial charge in [0.25, 0.3) is 5.91 Å². The Morgan fingerprint density at radius 3 is 2.50 bits per heavy atom. The maximum absolute atomic E-state index is 12.4. The molecule has 0 saturated carbocycles. The lowest BCUT2D eigenvalue weighted by molar-refractivity contribution is 0.0234. The van der Waals surface area contributed by atoms with Gasteiger partial charge in [-0.2, -0.15) is 5.26 Å². The number of benzene rings is 2. The topological polar surface area (TPSA) is 107 Å². The zero-order valence-corrected chi connectivity index (χ0v) is 14.9. The van der Waals surface area contributed by atoms with Gasteiger partial charge in [-0.1, -0.05) is 30.3 Å². The number of nitrogens with zero attached hydrogens (tertiary/aromatic N) is 1. The molecule has 0 fully saturated rings. The summed E-state index contributed by atoms with van der Waals surface area (Å²) in [5, 5.41) is 12.0. The van der Waals surface area contributed by atoms with E-state index in [1.807, 2.05) is 12.1 Å². The van der Waals surface area contributed by atoms with Crippen LogP contribution in [0.4, 0.5) is 5.69 Å². The smallest absolute Gasteiger partial charge is 0.276 e. The molecule has 7 heteroatoms. The largest absolute Gasteiger partial charge is 0.380 e. The molecule has 1 amide bonds. The van der Waals surface area contributed by atoms with Crippen molar-refractivity contribution < 1.29 is 9.63 Å². The minimum Gasteiger partial charge on any atom is -0.380 e. The fourth-order valence-electron chi connectivity index (χ4n) is 2.50. The Morgan fingerprint density at radius 2 is 1.79 bits per heavy atom. The van der Waals surface area contributed by atoms with Crippen LogP contribution in [0.15, 0.2) is 71.7 Å². The molecule has 0 atom stereocenters. The summed E-state index contributed by atoms with van der Waals surface area (Å²) in [6.07, 6.45) is 1.62. The third-order valence-electron chi connectivity index (χ3n) is 3.99. The summed E-state index contributed by atoms with van der Waals surface area (Å²) >= 11 is 0. The fourth-order valence-corrected chi connectivity index (χ4v) is 2.50. The molecule has 28 heavy (non-hydrogen) atoms. The highest BCUT2D eigenvalue weighted by Gasteiger charge is 2.11. The summed E-state index contributed by atoms with van der Waals surface area (Å²) < 4.78 is 0. The highest BCUT2D eigenvalue weighted by Crippen LogP contribution is 2.16. The number of nitriles is 1. The van der Waals surface area contributed by atoms with Gasteiger partial charge >= 0.3 is 0 Å². The molecule has 0 aliphatic rings. The minimum absolute atomic E-state index is 0.164. The van der Waals surface area contributed by atoms with Crippen molar-refractivity contribution in [3.63, 3.8) is 0 Å². The molecule has 0 radical (unpaired) electrons. The Bertz CT molecular complexity index is 1030. The number of amides is 1. The third-order valence-corrected chi connectivity index (χ3v) is 3.99. The molecular formula is C21H18N4O3. The van der Waals surface area contributed by atoms with E-state index in [1.54, 1.807) is 54.7 Å². The molecule has 0 aliphatic carbocycles. The van der Waals surface area contributed by atoms with E-state index in [0.29, 0.717) is 23.4 Å². The van der Waals surface area contributed by atoms with E-state index in [2.05, 4.69) is 15.8 Å². The van der Waals surface area contributed by atoms with Crippen molar-refractivity contribution in [2.75, 3.05) is 5.32 Å². The predicted octanol–water partition coefficient (Wildman–Crippen LogP) is 2.72. The molecule has 0 bridgehead atoms. The average Bonchev–Trinajstić information content (AvgIpc) is 2.74. The van der Waals surface area contributed by atoms with Gasteiger partial charge in [-0.3, -0.25) is 14.4 Å². The van der Waals surface area contributed by atoms with Crippen LogP contribution >= 0.6 is 0 Å². The van der Waals surface area contributed by atoms with Crippen LogP contribution in [0.5, 0.6) is 0 Å². The Morgan fingerprint density at radius 1 is 1.04 bits per heavy atom. The number of aromatic nitrogens is 1. The number of hydrogen-bond acceptors (Lipinski definition) is 5. The summed E-state index contributed by atoms with van der Waals surface area (Å²) in [4.78, 5) is 31.5. The quantitative estimate of drug-likeness (QED) is 0.551. The van der Waals surface area contributed by atoms with Crippen molar-refractivity contribution in [3.05, 3.63) is 99.5 Å². The van der Waals surface area contributed by atoms with Crippen molar-refractivity contribution in [1.29, 1.82) is 5.26 Å². The molecule has 2 aromatic carbocycles. The normalized spacial score (nSPS) is 10.1. The molecule has 0 saturated heterocycles. The van der Waals surface area contributed by atoms with Crippen molar-refractivity contribution in [3.8, 4) is 6.07 Å². The summed E-state index contributed by atoms with van der Waals surface area (Å²) in [6.45, 7) is 0.637. The standard InChI is InChI=1S/C21H18N4O3/c22-11-15-5-7-16(8-6-15)14-28-25-21(27)18-3-1-2-4-19(18)23-12-17-9-10-20(26)24-13-17/h1-10,13,23H,12,14H2,(H,24,26)(H,25,27). The highest BCUT2D eigenvalue weighted by molar-refractivity contribution is 5.98. The van der Waals surface area contributed by atoms with Gasteiger partial charge in [0, 0.05) is 24.5 Å². The van der Waals surface area contributed by atoms with Gasteiger partial charge in [-0.05, 0) is 35.4 Å². The lowest BCUT2D eigenvalue weighted by Gasteiger charge is -2.12. The van der Waals surface area contributed by atoms with Crippen LogP contribution in [0.3, 0.4) is 0 Å². The zero-order valence-electron chi connectivity index (χ0n) is 14.9. The fraction of sp³-hybridized carbons (Fsp3) is 0.0952. The number of hydrogen-bond donors (Lipinski definition) is 3. The molecule has 1 heterocycles. The second-order valence-corrected chi connectivity index (χ2v) is 5.99. The second kappa shape index (κ2) is 9.16. The first-order valence-corrected chi connectivity index (χ1v) is 8.57. The van der Waals surface area contributed by atoms with Crippen LogP contribution in [0.1, 0.15) is 27.0 Å². The molecule has 3 aromatic rings. The van der Waals surface area contributed by atoms with Crippen molar-refractivity contribution in [1.82, 2.24) is 10.5 Å². The van der Waals surface area contributed by atoms with Crippen molar-refractivity contribution in [2.45, 2.75) is 13.2 Å². The number of aromatic amines is 1. The number of hydroxylamine groups is 1. The summed E-state index contributed by atoms with van der Waals surface area (Å²) in [7, 11) is 0. The Labute approximate surface area is 161 Å². The first-order valence-electron chi connectivity index (χ1n) is 8.57. The summed E-state index contributed by atoms with van der Waals surface area (Å²) in [6, 6.07) is 19.2. The molecule has 3 N–H and O–H groups in total. The number of nitrogens with one attached hydrogen (secondary N) is 3. The van der Waals surface area contributed by atoms with Crippen LogP contribution in [-0.2, 0) is 18.0 Å². The highest BCUT2D eigenvalue weighted by atomic mass is 16.6.